The maximum Gasteiger partial charge on any atom is 0.242 e. The van der Waals surface area contributed by atoms with Crippen LogP contribution in [0.3, 0.4) is 0 Å². The van der Waals surface area contributed by atoms with Crippen LogP contribution in [0.15, 0.2) is 45.8 Å². The largest absolute Gasteiger partial charge is 0.494 e. The summed E-state index contributed by atoms with van der Waals surface area (Å²) in [7, 11) is -3.70. The lowest BCUT2D eigenvalue weighted by Gasteiger charge is -2.12. The molecule has 0 spiro atoms. The highest BCUT2D eigenvalue weighted by atomic mass is 32.2. The van der Waals surface area contributed by atoms with Gasteiger partial charge in [-0.05, 0) is 63.1 Å². The molecule has 0 saturated heterocycles. The number of nitrogens with one attached hydrogen (secondary N) is 1. The van der Waals surface area contributed by atoms with Gasteiger partial charge in [-0.2, -0.15) is 4.98 Å². The van der Waals surface area contributed by atoms with Crippen LogP contribution in [0.1, 0.15) is 29.5 Å². The molecule has 0 unspecified atom stereocenters. The van der Waals surface area contributed by atoms with Crippen molar-refractivity contribution in [1.29, 1.82) is 0 Å². The van der Waals surface area contributed by atoms with Gasteiger partial charge in [-0.15, -0.1) is 0 Å². The van der Waals surface area contributed by atoms with E-state index in [-0.39, 0.29) is 17.3 Å². The van der Waals surface area contributed by atoms with Crippen molar-refractivity contribution < 1.29 is 17.7 Å². The molecule has 0 radical (unpaired) electrons. The van der Waals surface area contributed by atoms with Gasteiger partial charge in [0.05, 0.1) is 18.0 Å². The zero-order chi connectivity index (χ0) is 20.3. The SMILES string of the molecule is CCOc1ccc(-c2noc(CNS(=O)(=O)c3c(C)cc(C)cc3C)n2)cc1. The van der Waals surface area contributed by atoms with Gasteiger partial charge < -0.3 is 9.26 Å². The summed E-state index contributed by atoms with van der Waals surface area (Å²) in [4.78, 5) is 4.55. The van der Waals surface area contributed by atoms with E-state index in [2.05, 4.69) is 14.9 Å². The van der Waals surface area contributed by atoms with Gasteiger partial charge in [0.25, 0.3) is 0 Å². The highest BCUT2D eigenvalue weighted by molar-refractivity contribution is 7.89. The first-order valence-corrected chi connectivity index (χ1v) is 10.4. The summed E-state index contributed by atoms with van der Waals surface area (Å²) in [6.45, 7) is 7.92. The minimum absolute atomic E-state index is 0.0842. The lowest BCUT2D eigenvalue weighted by Crippen LogP contribution is -2.25. The summed E-state index contributed by atoms with van der Waals surface area (Å²) in [5, 5.41) is 3.92. The molecule has 8 heteroatoms. The van der Waals surface area contributed by atoms with Crippen LogP contribution in [0.25, 0.3) is 11.4 Å². The Hall–Kier alpha value is -2.71. The van der Waals surface area contributed by atoms with Crippen molar-refractivity contribution >= 4 is 10.0 Å². The summed E-state index contributed by atoms with van der Waals surface area (Å²) in [5.41, 5.74) is 3.17. The minimum atomic E-state index is -3.70. The molecule has 0 atom stereocenters. The quantitative estimate of drug-likeness (QED) is 0.651. The molecule has 7 nitrogen and oxygen atoms in total. The van der Waals surface area contributed by atoms with E-state index in [1.807, 2.05) is 50.2 Å². The van der Waals surface area contributed by atoms with Crippen LogP contribution in [0.2, 0.25) is 0 Å². The van der Waals surface area contributed by atoms with Crippen molar-refractivity contribution in [3.63, 3.8) is 0 Å². The maximum atomic E-state index is 12.7. The number of aryl methyl sites for hydroxylation is 3. The topological polar surface area (TPSA) is 94.3 Å². The highest BCUT2D eigenvalue weighted by Crippen LogP contribution is 2.23. The van der Waals surface area contributed by atoms with Crippen LogP contribution in [-0.4, -0.2) is 25.2 Å². The first-order valence-electron chi connectivity index (χ1n) is 8.93. The Morgan fingerprint density at radius 2 is 1.71 bits per heavy atom. The second-order valence-electron chi connectivity index (χ2n) is 6.52. The van der Waals surface area contributed by atoms with Crippen LogP contribution in [0.4, 0.5) is 0 Å². The van der Waals surface area contributed by atoms with E-state index in [4.69, 9.17) is 9.26 Å². The Labute approximate surface area is 164 Å². The Kier molecular flexibility index (Phi) is 5.81. The predicted octanol–water partition coefficient (Wildman–Crippen LogP) is 3.54. The van der Waals surface area contributed by atoms with Crippen molar-refractivity contribution in [3.8, 4) is 17.1 Å². The van der Waals surface area contributed by atoms with E-state index in [1.165, 1.54) is 0 Å². The number of aromatic nitrogens is 2. The van der Waals surface area contributed by atoms with Crippen molar-refractivity contribution in [2.75, 3.05) is 6.61 Å². The van der Waals surface area contributed by atoms with Crippen LogP contribution >= 0.6 is 0 Å². The van der Waals surface area contributed by atoms with E-state index in [1.54, 1.807) is 13.8 Å². The van der Waals surface area contributed by atoms with E-state index in [9.17, 15) is 8.42 Å². The van der Waals surface area contributed by atoms with Gasteiger partial charge in [0, 0.05) is 5.56 Å². The highest BCUT2D eigenvalue weighted by Gasteiger charge is 2.21. The number of hydrogen-bond acceptors (Lipinski definition) is 6. The summed E-state index contributed by atoms with van der Waals surface area (Å²) in [5.74, 6) is 1.33. The third-order valence-corrected chi connectivity index (χ3v) is 5.88. The molecule has 0 amide bonds. The van der Waals surface area contributed by atoms with E-state index in [0.29, 0.717) is 23.6 Å². The average molecular weight is 401 g/mol. The number of nitrogens with zero attached hydrogens (tertiary/aromatic N) is 2. The molecule has 1 aromatic heterocycles. The zero-order valence-electron chi connectivity index (χ0n) is 16.3. The third-order valence-electron chi connectivity index (χ3n) is 4.18. The second-order valence-corrected chi connectivity index (χ2v) is 8.23. The molecule has 3 rings (SSSR count). The fraction of sp³-hybridized carbons (Fsp3) is 0.300. The normalized spacial score (nSPS) is 11.6. The predicted molar refractivity (Wildman–Crippen MR) is 106 cm³/mol. The molecule has 0 bridgehead atoms. The first kappa shape index (κ1) is 20.0. The van der Waals surface area contributed by atoms with Crippen LogP contribution < -0.4 is 9.46 Å². The maximum absolute atomic E-state index is 12.7. The second kappa shape index (κ2) is 8.12. The fourth-order valence-electron chi connectivity index (χ4n) is 3.13. The lowest BCUT2D eigenvalue weighted by molar-refractivity contribution is 0.340. The van der Waals surface area contributed by atoms with Gasteiger partial charge in [-0.3, -0.25) is 0 Å². The molecule has 148 valence electrons. The Morgan fingerprint density at radius 1 is 1.07 bits per heavy atom. The Bertz CT molecular complexity index is 1050. The molecule has 1 heterocycles. The summed E-state index contributed by atoms with van der Waals surface area (Å²) in [6.07, 6.45) is 0. The van der Waals surface area contributed by atoms with Gasteiger partial charge in [0.2, 0.25) is 21.7 Å². The van der Waals surface area contributed by atoms with Crippen molar-refractivity contribution in [2.24, 2.45) is 0 Å². The van der Waals surface area contributed by atoms with Crippen LogP contribution in [-0.2, 0) is 16.6 Å². The molecule has 2 aromatic carbocycles. The molecule has 1 N–H and O–H groups in total. The Morgan fingerprint density at radius 3 is 2.32 bits per heavy atom. The molecular formula is C20H23N3O4S. The van der Waals surface area contributed by atoms with E-state index < -0.39 is 10.0 Å². The van der Waals surface area contributed by atoms with E-state index >= 15 is 0 Å². The number of ether oxygens (including phenoxy) is 1. The summed E-state index contributed by atoms with van der Waals surface area (Å²) < 4.78 is 38.6. The van der Waals surface area contributed by atoms with E-state index in [0.717, 1.165) is 16.9 Å². The van der Waals surface area contributed by atoms with Crippen molar-refractivity contribution in [1.82, 2.24) is 14.9 Å². The fourth-order valence-corrected chi connectivity index (χ4v) is 4.55. The van der Waals surface area contributed by atoms with Crippen LogP contribution in [0.5, 0.6) is 5.75 Å². The standard InChI is InChI=1S/C20H23N3O4S/c1-5-26-17-8-6-16(7-9-17)20-22-18(27-23-20)12-21-28(24,25)19-14(3)10-13(2)11-15(19)4/h6-11,21H,5,12H2,1-4H3. The monoisotopic (exact) mass is 401 g/mol. The summed E-state index contributed by atoms with van der Waals surface area (Å²) in [6, 6.07) is 11.0. The van der Waals surface area contributed by atoms with Gasteiger partial charge >= 0.3 is 0 Å². The number of benzene rings is 2. The van der Waals surface area contributed by atoms with Crippen LogP contribution in [0, 0.1) is 20.8 Å². The lowest BCUT2D eigenvalue weighted by atomic mass is 10.1. The number of sulfonamides is 1. The third kappa shape index (κ3) is 4.40. The number of rotatable bonds is 7. The van der Waals surface area contributed by atoms with Gasteiger partial charge in [-0.25, -0.2) is 13.1 Å². The first-order chi connectivity index (χ1) is 13.3. The number of hydrogen-bond donors (Lipinski definition) is 1. The zero-order valence-corrected chi connectivity index (χ0v) is 17.1. The van der Waals surface area contributed by atoms with Gasteiger partial charge in [-0.1, -0.05) is 22.9 Å². The molecule has 0 fully saturated rings. The smallest absolute Gasteiger partial charge is 0.242 e. The molecule has 3 aromatic rings. The molecule has 0 aliphatic carbocycles. The molecule has 28 heavy (non-hydrogen) atoms. The van der Waals surface area contributed by atoms with Gasteiger partial charge in [0.1, 0.15) is 5.75 Å². The molecular weight excluding hydrogens is 378 g/mol. The Balaban J connectivity index is 1.73. The molecule has 0 aliphatic heterocycles. The average Bonchev–Trinajstić information content (AvgIpc) is 3.09. The van der Waals surface area contributed by atoms with Crippen molar-refractivity contribution in [3.05, 3.63) is 59.0 Å². The van der Waals surface area contributed by atoms with Crippen molar-refractivity contribution in [2.45, 2.75) is 39.1 Å². The minimum Gasteiger partial charge on any atom is -0.494 e. The molecule has 0 saturated carbocycles. The molecule has 0 aliphatic rings. The summed E-state index contributed by atoms with van der Waals surface area (Å²) >= 11 is 0. The van der Waals surface area contributed by atoms with Gasteiger partial charge in [0.15, 0.2) is 0 Å².